The standard InChI is InChI=1S/C22H36/c1-4-7-9-11-13-15-20-17-18-22(21(6-3)19-20)16-14-12-10-8-5-2/h6,17-19H,3-5,7-16H2,1-2H3. The molecule has 0 amide bonds. The van der Waals surface area contributed by atoms with Crippen molar-refractivity contribution < 1.29 is 0 Å². The van der Waals surface area contributed by atoms with E-state index in [-0.39, 0.29) is 0 Å². The molecule has 1 aromatic rings. The lowest BCUT2D eigenvalue weighted by atomic mass is 9.96. The van der Waals surface area contributed by atoms with Crippen LogP contribution in [0.3, 0.4) is 0 Å². The van der Waals surface area contributed by atoms with Crippen molar-refractivity contribution in [3.05, 3.63) is 41.5 Å². The number of aryl methyl sites for hydroxylation is 2. The predicted molar refractivity (Wildman–Crippen MR) is 101 cm³/mol. The van der Waals surface area contributed by atoms with E-state index in [0.29, 0.717) is 0 Å². The van der Waals surface area contributed by atoms with Gasteiger partial charge < -0.3 is 0 Å². The third-order valence-corrected chi connectivity index (χ3v) is 4.55. The maximum absolute atomic E-state index is 4.01. The van der Waals surface area contributed by atoms with E-state index in [9.17, 15) is 0 Å². The van der Waals surface area contributed by atoms with Crippen molar-refractivity contribution in [2.45, 2.75) is 90.9 Å². The predicted octanol–water partition coefficient (Wildman–Crippen LogP) is 7.36. The zero-order chi connectivity index (χ0) is 16.0. The lowest BCUT2D eigenvalue weighted by molar-refractivity contribution is 0.629. The van der Waals surface area contributed by atoms with E-state index in [2.05, 4.69) is 38.6 Å². The van der Waals surface area contributed by atoms with Gasteiger partial charge in [-0.05, 0) is 42.4 Å². The molecule has 0 aliphatic rings. The van der Waals surface area contributed by atoms with Crippen LogP contribution in [-0.4, -0.2) is 0 Å². The van der Waals surface area contributed by atoms with Gasteiger partial charge in [0.05, 0.1) is 0 Å². The number of benzene rings is 1. The minimum Gasteiger partial charge on any atom is -0.0985 e. The second-order valence-electron chi connectivity index (χ2n) is 6.57. The molecule has 0 nitrogen and oxygen atoms in total. The van der Waals surface area contributed by atoms with Gasteiger partial charge in [0.1, 0.15) is 0 Å². The number of unbranched alkanes of at least 4 members (excludes halogenated alkanes) is 8. The Balaban J connectivity index is 2.39. The summed E-state index contributed by atoms with van der Waals surface area (Å²) in [6.07, 6.45) is 18.0. The molecule has 0 radical (unpaired) electrons. The Morgan fingerprint density at radius 3 is 1.95 bits per heavy atom. The Bertz CT molecular complexity index is 402. The van der Waals surface area contributed by atoms with Gasteiger partial charge >= 0.3 is 0 Å². The van der Waals surface area contributed by atoms with Crippen LogP contribution in [0.25, 0.3) is 6.08 Å². The van der Waals surface area contributed by atoms with E-state index in [1.165, 1.54) is 93.7 Å². The molecule has 124 valence electrons. The van der Waals surface area contributed by atoms with E-state index < -0.39 is 0 Å². The van der Waals surface area contributed by atoms with Gasteiger partial charge in [-0.1, -0.05) is 96.1 Å². The molecule has 1 rings (SSSR count). The molecule has 0 unspecified atom stereocenters. The molecule has 22 heavy (non-hydrogen) atoms. The van der Waals surface area contributed by atoms with Crippen LogP contribution < -0.4 is 0 Å². The van der Waals surface area contributed by atoms with Crippen molar-refractivity contribution in [2.24, 2.45) is 0 Å². The highest BCUT2D eigenvalue weighted by Gasteiger charge is 2.02. The topological polar surface area (TPSA) is 0 Å². The number of hydrogen-bond donors (Lipinski definition) is 0. The van der Waals surface area contributed by atoms with Crippen LogP contribution in [0.5, 0.6) is 0 Å². The van der Waals surface area contributed by atoms with Crippen molar-refractivity contribution in [3.63, 3.8) is 0 Å². The van der Waals surface area contributed by atoms with Gasteiger partial charge in [-0.2, -0.15) is 0 Å². The van der Waals surface area contributed by atoms with E-state index in [4.69, 9.17) is 0 Å². The van der Waals surface area contributed by atoms with Crippen molar-refractivity contribution in [3.8, 4) is 0 Å². The fourth-order valence-electron chi connectivity index (χ4n) is 3.07. The van der Waals surface area contributed by atoms with Crippen LogP contribution in [0.1, 0.15) is 94.7 Å². The molecule has 0 N–H and O–H groups in total. The number of rotatable bonds is 13. The van der Waals surface area contributed by atoms with Gasteiger partial charge in [-0.15, -0.1) is 0 Å². The molecule has 0 bridgehead atoms. The highest BCUT2D eigenvalue weighted by Crippen LogP contribution is 2.19. The van der Waals surface area contributed by atoms with Crippen LogP contribution in [0.2, 0.25) is 0 Å². The maximum atomic E-state index is 4.01. The zero-order valence-corrected chi connectivity index (χ0v) is 15.0. The fourth-order valence-corrected chi connectivity index (χ4v) is 3.07. The third kappa shape index (κ3) is 7.82. The van der Waals surface area contributed by atoms with E-state index >= 15 is 0 Å². The van der Waals surface area contributed by atoms with Crippen LogP contribution in [0, 0.1) is 0 Å². The summed E-state index contributed by atoms with van der Waals surface area (Å²) in [6, 6.07) is 7.06. The second kappa shape index (κ2) is 12.5. The Labute approximate surface area is 139 Å². The third-order valence-electron chi connectivity index (χ3n) is 4.55. The van der Waals surface area contributed by atoms with Crippen molar-refractivity contribution in [1.82, 2.24) is 0 Å². The molecule has 0 saturated heterocycles. The first-order valence-electron chi connectivity index (χ1n) is 9.56. The number of hydrogen-bond acceptors (Lipinski definition) is 0. The lowest BCUT2D eigenvalue weighted by Gasteiger charge is -2.09. The molecule has 1 aromatic carbocycles. The largest absolute Gasteiger partial charge is 0.0985 e. The first kappa shape index (κ1) is 19.0. The normalized spacial score (nSPS) is 10.8. The molecule has 0 saturated carbocycles. The van der Waals surface area contributed by atoms with Crippen LogP contribution in [0.4, 0.5) is 0 Å². The highest BCUT2D eigenvalue weighted by atomic mass is 14.1. The summed E-state index contributed by atoms with van der Waals surface area (Å²) in [7, 11) is 0. The summed E-state index contributed by atoms with van der Waals surface area (Å²) >= 11 is 0. The summed E-state index contributed by atoms with van der Waals surface area (Å²) in [5.74, 6) is 0. The van der Waals surface area contributed by atoms with E-state index in [0.717, 1.165) is 0 Å². The van der Waals surface area contributed by atoms with Gasteiger partial charge in [0.15, 0.2) is 0 Å². The molecule has 0 heterocycles. The Kier molecular flexibility index (Phi) is 10.8. The maximum Gasteiger partial charge on any atom is -0.0228 e. The summed E-state index contributed by atoms with van der Waals surface area (Å²) in [4.78, 5) is 0. The van der Waals surface area contributed by atoms with Crippen molar-refractivity contribution >= 4 is 6.08 Å². The molecule has 0 fully saturated rings. The summed E-state index contributed by atoms with van der Waals surface area (Å²) < 4.78 is 0. The van der Waals surface area contributed by atoms with Crippen molar-refractivity contribution in [1.29, 1.82) is 0 Å². The van der Waals surface area contributed by atoms with Gasteiger partial charge in [0, 0.05) is 0 Å². The first-order valence-corrected chi connectivity index (χ1v) is 9.56. The molecular formula is C22H36. The quantitative estimate of drug-likeness (QED) is 0.334. The summed E-state index contributed by atoms with van der Waals surface area (Å²) in [5, 5.41) is 0. The lowest BCUT2D eigenvalue weighted by Crippen LogP contribution is -1.94. The zero-order valence-electron chi connectivity index (χ0n) is 15.0. The van der Waals surface area contributed by atoms with E-state index in [1.54, 1.807) is 0 Å². The van der Waals surface area contributed by atoms with E-state index in [1.807, 2.05) is 6.08 Å². The molecule has 0 aliphatic carbocycles. The summed E-state index contributed by atoms with van der Waals surface area (Å²) in [6.45, 7) is 8.56. The van der Waals surface area contributed by atoms with Gasteiger partial charge in [-0.3, -0.25) is 0 Å². The highest BCUT2D eigenvalue weighted by molar-refractivity contribution is 5.53. The molecular weight excluding hydrogens is 264 g/mol. The monoisotopic (exact) mass is 300 g/mol. The SMILES string of the molecule is C=Cc1cc(CCCCCCC)ccc1CCCCCCC. The van der Waals surface area contributed by atoms with Crippen LogP contribution in [0.15, 0.2) is 24.8 Å². The van der Waals surface area contributed by atoms with Gasteiger partial charge in [0.25, 0.3) is 0 Å². The average Bonchev–Trinajstić information content (AvgIpc) is 2.55. The molecule has 0 spiro atoms. The molecule has 0 aromatic heterocycles. The average molecular weight is 301 g/mol. The smallest absolute Gasteiger partial charge is 0.0228 e. The summed E-state index contributed by atoms with van der Waals surface area (Å²) in [5.41, 5.74) is 4.34. The van der Waals surface area contributed by atoms with Crippen LogP contribution >= 0.6 is 0 Å². The van der Waals surface area contributed by atoms with Crippen LogP contribution in [-0.2, 0) is 12.8 Å². The molecule has 0 heteroatoms. The Morgan fingerprint density at radius 2 is 1.36 bits per heavy atom. The first-order chi connectivity index (χ1) is 10.8. The van der Waals surface area contributed by atoms with Crippen molar-refractivity contribution in [2.75, 3.05) is 0 Å². The Hall–Kier alpha value is -1.04. The minimum atomic E-state index is 1.21. The fraction of sp³-hybridized carbons (Fsp3) is 0.636. The molecule has 0 atom stereocenters. The minimum absolute atomic E-state index is 1.21. The molecule has 0 aliphatic heterocycles. The second-order valence-corrected chi connectivity index (χ2v) is 6.57. The van der Waals surface area contributed by atoms with Gasteiger partial charge in [0.2, 0.25) is 0 Å². The van der Waals surface area contributed by atoms with Gasteiger partial charge in [-0.25, -0.2) is 0 Å². The Morgan fingerprint density at radius 1 is 0.773 bits per heavy atom.